The van der Waals surface area contributed by atoms with Crippen LogP contribution in [0.5, 0.6) is 0 Å². The molecule has 6 heteroatoms. The maximum absolute atomic E-state index is 12.1. The second-order valence-electron chi connectivity index (χ2n) is 5.31. The number of aryl methyl sites for hydroxylation is 1. The van der Waals surface area contributed by atoms with E-state index < -0.39 is 11.9 Å². The Morgan fingerprint density at radius 2 is 2.35 bits per heavy atom. The summed E-state index contributed by atoms with van der Waals surface area (Å²) in [6.45, 7) is 1.77. The topological polar surface area (TPSA) is 82.8 Å². The van der Waals surface area contributed by atoms with Gasteiger partial charge in [-0.05, 0) is 18.9 Å². The number of urea groups is 1. The third-order valence-electron chi connectivity index (χ3n) is 3.67. The lowest BCUT2D eigenvalue weighted by Crippen LogP contribution is -2.42. The molecule has 0 aromatic carbocycles. The number of fused-ring (bicyclic) bond motifs is 1. The molecule has 20 heavy (non-hydrogen) atoms. The lowest BCUT2D eigenvalue weighted by molar-refractivity contribution is -0.141. The number of carbonyl (C=O) groups is 2. The fourth-order valence-corrected chi connectivity index (χ4v) is 2.47. The van der Waals surface area contributed by atoms with Gasteiger partial charge in [0.2, 0.25) is 0 Å². The van der Waals surface area contributed by atoms with Crippen LogP contribution >= 0.6 is 0 Å². The van der Waals surface area contributed by atoms with E-state index in [4.69, 9.17) is 9.52 Å². The molecule has 0 radical (unpaired) electrons. The summed E-state index contributed by atoms with van der Waals surface area (Å²) in [4.78, 5) is 24.3. The number of rotatable bonds is 4. The van der Waals surface area contributed by atoms with E-state index in [1.165, 1.54) is 4.90 Å². The number of carboxylic acids is 1. The molecule has 2 N–H and O–H groups in total. The van der Waals surface area contributed by atoms with E-state index >= 15 is 0 Å². The number of hydrogen-bond acceptors (Lipinski definition) is 3. The third-order valence-corrected chi connectivity index (χ3v) is 3.67. The fourth-order valence-electron chi connectivity index (χ4n) is 2.47. The Morgan fingerprint density at radius 3 is 3.05 bits per heavy atom. The predicted molar refractivity (Wildman–Crippen MR) is 72.3 cm³/mol. The minimum Gasteiger partial charge on any atom is -0.481 e. The maximum atomic E-state index is 12.1. The molecular weight excluding hydrogens is 260 g/mol. The maximum Gasteiger partial charge on any atom is 0.317 e. The van der Waals surface area contributed by atoms with Crippen LogP contribution in [0.3, 0.4) is 0 Å². The second-order valence-corrected chi connectivity index (χ2v) is 5.31. The van der Waals surface area contributed by atoms with Crippen molar-refractivity contribution >= 4 is 12.0 Å². The highest BCUT2D eigenvalue weighted by Gasteiger charge is 2.25. The van der Waals surface area contributed by atoms with Gasteiger partial charge >= 0.3 is 12.0 Å². The lowest BCUT2D eigenvalue weighted by atomic mass is 9.93. The molecule has 0 aliphatic heterocycles. The molecule has 2 amide bonds. The van der Waals surface area contributed by atoms with Crippen molar-refractivity contribution in [2.24, 2.45) is 5.92 Å². The van der Waals surface area contributed by atoms with Crippen molar-refractivity contribution in [2.75, 3.05) is 13.6 Å². The molecule has 1 heterocycles. The summed E-state index contributed by atoms with van der Waals surface area (Å²) in [6, 6.07) is 1.59. The summed E-state index contributed by atoms with van der Waals surface area (Å²) in [7, 11) is 1.61. The van der Waals surface area contributed by atoms with Crippen LogP contribution in [0.15, 0.2) is 16.7 Å². The Hall–Kier alpha value is -1.98. The SMILES string of the molecule is CC(CN(C)C(=O)NC1CCCc2occc21)C(=O)O. The van der Waals surface area contributed by atoms with E-state index in [1.807, 2.05) is 6.07 Å². The molecule has 0 bridgehead atoms. The van der Waals surface area contributed by atoms with Crippen LogP contribution in [0.4, 0.5) is 4.79 Å². The molecule has 1 aliphatic rings. The van der Waals surface area contributed by atoms with Gasteiger partial charge in [-0.3, -0.25) is 4.79 Å². The van der Waals surface area contributed by atoms with Crippen molar-refractivity contribution in [3.05, 3.63) is 23.7 Å². The van der Waals surface area contributed by atoms with Crippen LogP contribution in [-0.2, 0) is 11.2 Å². The molecular formula is C14H20N2O4. The van der Waals surface area contributed by atoms with E-state index in [-0.39, 0.29) is 18.6 Å². The zero-order valence-corrected chi connectivity index (χ0v) is 11.8. The van der Waals surface area contributed by atoms with E-state index in [2.05, 4.69) is 5.32 Å². The number of carboxylic acid groups (broad SMARTS) is 1. The minimum absolute atomic E-state index is 0.0485. The molecule has 2 atom stereocenters. The Kier molecular flexibility index (Phi) is 4.32. The summed E-state index contributed by atoms with van der Waals surface area (Å²) in [5, 5.41) is 11.8. The molecule has 110 valence electrons. The first-order valence-corrected chi connectivity index (χ1v) is 6.79. The van der Waals surface area contributed by atoms with Gasteiger partial charge in [0.25, 0.3) is 0 Å². The average molecular weight is 280 g/mol. The first-order chi connectivity index (χ1) is 9.49. The monoisotopic (exact) mass is 280 g/mol. The summed E-state index contributed by atoms with van der Waals surface area (Å²) in [6.07, 6.45) is 4.40. The van der Waals surface area contributed by atoms with Gasteiger partial charge in [-0.2, -0.15) is 0 Å². The van der Waals surface area contributed by atoms with Gasteiger partial charge < -0.3 is 19.7 Å². The van der Waals surface area contributed by atoms with Crippen LogP contribution in [0, 0.1) is 5.92 Å². The molecule has 2 unspecified atom stereocenters. The molecule has 0 fully saturated rings. The Labute approximate surface area is 117 Å². The van der Waals surface area contributed by atoms with Gasteiger partial charge in [-0.15, -0.1) is 0 Å². The van der Waals surface area contributed by atoms with Crippen LogP contribution in [-0.4, -0.2) is 35.6 Å². The fraction of sp³-hybridized carbons (Fsp3) is 0.571. The Bertz CT molecular complexity index is 497. The minimum atomic E-state index is -0.903. The highest BCUT2D eigenvalue weighted by molar-refractivity contribution is 5.76. The zero-order valence-electron chi connectivity index (χ0n) is 11.8. The van der Waals surface area contributed by atoms with Gasteiger partial charge in [0.1, 0.15) is 5.76 Å². The normalized spacial score (nSPS) is 19.0. The van der Waals surface area contributed by atoms with Crippen LogP contribution < -0.4 is 5.32 Å². The zero-order chi connectivity index (χ0) is 14.7. The van der Waals surface area contributed by atoms with Crippen molar-refractivity contribution in [1.29, 1.82) is 0 Å². The number of furan rings is 1. The number of nitrogens with one attached hydrogen (secondary N) is 1. The third kappa shape index (κ3) is 3.12. The van der Waals surface area contributed by atoms with Gasteiger partial charge in [0.05, 0.1) is 18.2 Å². The Morgan fingerprint density at radius 1 is 1.60 bits per heavy atom. The molecule has 6 nitrogen and oxygen atoms in total. The van der Waals surface area contributed by atoms with Gasteiger partial charge in [0, 0.05) is 25.6 Å². The first kappa shape index (κ1) is 14.4. The lowest BCUT2D eigenvalue weighted by Gasteiger charge is -2.26. The van der Waals surface area contributed by atoms with Crippen molar-refractivity contribution in [1.82, 2.24) is 10.2 Å². The number of nitrogens with zero attached hydrogens (tertiary/aromatic N) is 1. The number of hydrogen-bond donors (Lipinski definition) is 2. The molecule has 1 aliphatic carbocycles. The predicted octanol–water partition coefficient (Wildman–Crippen LogP) is 2.02. The molecule has 2 rings (SSSR count). The number of carbonyl (C=O) groups excluding carboxylic acids is 1. The summed E-state index contributed by atoms with van der Waals surface area (Å²) in [5.74, 6) is -0.552. The van der Waals surface area contributed by atoms with E-state index in [0.29, 0.717) is 0 Å². The van der Waals surface area contributed by atoms with E-state index in [9.17, 15) is 9.59 Å². The van der Waals surface area contributed by atoms with Gasteiger partial charge in [0.15, 0.2) is 0 Å². The van der Waals surface area contributed by atoms with Crippen molar-refractivity contribution in [2.45, 2.75) is 32.2 Å². The number of amides is 2. The van der Waals surface area contributed by atoms with E-state index in [1.54, 1.807) is 20.2 Å². The number of aliphatic carboxylic acids is 1. The van der Waals surface area contributed by atoms with Gasteiger partial charge in [-0.1, -0.05) is 6.92 Å². The van der Waals surface area contributed by atoms with Crippen molar-refractivity contribution in [3.8, 4) is 0 Å². The molecule has 1 aromatic rings. The standard InChI is InChI=1S/C14H20N2O4/c1-9(13(17)18)8-16(2)14(19)15-11-4-3-5-12-10(11)6-7-20-12/h6-7,9,11H,3-5,8H2,1-2H3,(H,15,19)(H,17,18). The second kappa shape index (κ2) is 5.98. The largest absolute Gasteiger partial charge is 0.481 e. The van der Waals surface area contributed by atoms with Crippen molar-refractivity contribution < 1.29 is 19.1 Å². The molecule has 0 saturated carbocycles. The van der Waals surface area contributed by atoms with Gasteiger partial charge in [-0.25, -0.2) is 4.79 Å². The molecule has 0 spiro atoms. The quantitative estimate of drug-likeness (QED) is 0.884. The van der Waals surface area contributed by atoms with Crippen LogP contribution in [0.2, 0.25) is 0 Å². The summed E-state index contributed by atoms with van der Waals surface area (Å²) in [5.41, 5.74) is 1.03. The molecule has 1 aromatic heterocycles. The van der Waals surface area contributed by atoms with E-state index in [0.717, 1.165) is 30.6 Å². The first-order valence-electron chi connectivity index (χ1n) is 6.79. The smallest absolute Gasteiger partial charge is 0.317 e. The van der Waals surface area contributed by atoms with Crippen LogP contribution in [0.25, 0.3) is 0 Å². The molecule has 0 saturated heterocycles. The average Bonchev–Trinajstić information content (AvgIpc) is 2.87. The highest BCUT2D eigenvalue weighted by Crippen LogP contribution is 2.30. The Balaban J connectivity index is 1.94. The highest BCUT2D eigenvalue weighted by atomic mass is 16.4. The van der Waals surface area contributed by atoms with Crippen LogP contribution in [0.1, 0.15) is 37.1 Å². The summed E-state index contributed by atoms with van der Waals surface area (Å²) >= 11 is 0. The summed E-state index contributed by atoms with van der Waals surface area (Å²) < 4.78 is 5.38. The van der Waals surface area contributed by atoms with Crippen molar-refractivity contribution in [3.63, 3.8) is 0 Å².